The fourth-order valence-electron chi connectivity index (χ4n) is 2.06. The molecule has 1 heterocycles. The molecule has 0 saturated carbocycles. The summed E-state index contributed by atoms with van der Waals surface area (Å²) in [5, 5.41) is 15.4. The zero-order valence-electron chi connectivity index (χ0n) is 10.9. The Labute approximate surface area is 131 Å². The van der Waals surface area contributed by atoms with Gasteiger partial charge in [0.15, 0.2) is 0 Å². The van der Waals surface area contributed by atoms with Crippen molar-refractivity contribution in [3.05, 3.63) is 49.8 Å². The normalized spacial score (nSPS) is 12.7. The Morgan fingerprint density at radius 1 is 1.47 bits per heavy atom. The lowest BCUT2D eigenvalue weighted by molar-refractivity contribution is 0.206. The minimum absolute atomic E-state index is 0.512. The van der Waals surface area contributed by atoms with Crippen molar-refractivity contribution in [2.75, 3.05) is 0 Å². The van der Waals surface area contributed by atoms with Gasteiger partial charge in [-0.05, 0) is 41.5 Å². The van der Waals surface area contributed by atoms with E-state index in [-0.39, 0.29) is 0 Å². The lowest BCUT2D eigenvalue weighted by atomic mass is 10.0. The third kappa shape index (κ3) is 2.95. The predicted octanol–water partition coefficient (Wildman–Crippen LogP) is 3.94. The van der Waals surface area contributed by atoms with Crippen molar-refractivity contribution in [2.45, 2.75) is 32.9 Å². The van der Waals surface area contributed by atoms with E-state index in [1.807, 2.05) is 25.1 Å². The predicted molar refractivity (Wildman–Crippen MR) is 85.5 cm³/mol. The number of hydrogen-bond donors (Lipinski definition) is 1. The molecule has 0 spiro atoms. The third-order valence-electron chi connectivity index (χ3n) is 3.04. The number of aryl methyl sites for hydroxylation is 2. The molecule has 0 bridgehead atoms. The Morgan fingerprint density at radius 2 is 2.21 bits per heavy atom. The fourth-order valence-corrected chi connectivity index (χ4v) is 2.96. The first-order valence-electron chi connectivity index (χ1n) is 6.20. The summed E-state index contributed by atoms with van der Waals surface area (Å²) in [5.41, 5.74) is 2.70. The second-order valence-electron chi connectivity index (χ2n) is 4.48. The molecule has 1 atom stereocenters. The second-order valence-corrected chi connectivity index (χ2v) is 5.97. The van der Waals surface area contributed by atoms with Gasteiger partial charge in [0.1, 0.15) is 6.10 Å². The Morgan fingerprint density at radius 3 is 2.89 bits per heavy atom. The van der Waals surface area contributed by atoms with Crippen LogP contribution in [0.15, 0.2) is 24.4 Å². The van der Waals surface area contributed by atoms with E-state index in [2.05, 4.69) is 34.6 Å². The maximum Gasteiger partial charge on any atom is 0.123 e. The maximum absolute atomic E-state index is 10.6. The lowest BCUT2D eigenvalue weighted by Crippen LogP contribution is -2.12. The van der Waals surface area contributed by atoms with Crippen LogP contribution in [0, 0.1) is 10.5 Å². The molecule has 102 valence electrons. The third-order valence-corrected chi connectivity index (χ3v) is 4.81. The average Bonchev–Trinajstić information content (AvgIpc) is 2.74. The summed E-state index contributed by atoms with van der Waals surface area (Å²) < 4.78 is 2.85. The van der Waals surface area contributed by atoms with Crippen LogP contribution in [-0.2, 0) is 6.54 Å². The Kier molecular flexibility index (Phi) is 4.86. The van der Waals surface area contributed by atoms with Gasteiger partial charge in [0, 0.05) is 15.7 Å². The minimum Gasteiger partial charge on any atom is -0.382 e. The number of aliphatic hydroxyl groups excluding tert-OH is 1. The van der Waals surface area contributed by atoms with Gasteiger partial charge in [-0.1, -0.05) is 36.7 Å². The van der Waals surface area contributed by atoms with Crippen LogP contribution in [0.3, 0.4) is 0 Å². The summed E-state index contributed by atoms with van der Waals surface area (Å²) in [6.07, 6.45) is 1.80. The van der Waals surface area contributed by atoms with Crippen LogP contribution in [0.2, 0.25) is 5.02 Å². The van der Waals surface area contributed by atoms with E-state index in [1.165, 1.54) is 0 Å². The molecule has 1 unspecified atom stereocenters. The highest BCUT2D eigenvalue weighted by atomic mass is 127. The topological polar surface area (TPSA) is 38.0 Å². The van der Waals surface area contributed by atoms with Gasteiger partial charge in [0.25, 0.3) is 0 Å². The summed E-state index contributed by atoms with van der Waals surface area (Å²) in [4.78, 5) is 0. The molecule has 2 aromatic rings. The molecule has 19 heavy (non-hydrogen) atoms. The van der Waals surface area contributed by atoms with Crippen molar-refractivity contribution in [1.29, 1.82) is 0 Å². The van der Waals surface area contributed by atoms with Crippen molar-refractivity contribution in [3.63, 3.8) is 0 Å². The van der Waals surface area contributed by atoms with Gasteiger partial charge < -0.3 is 5.11 Å². The van der Waals surface area contributed by atoms with Gasteiger partial charge >= 0.3 is 0 Å². The van der Waals surface area contributed by atoms with E-state index in [0.717, 1.165) is 27.7 Å². The molecule has 0 amide bonds. The summed E-state index contributed by atoms with van der Waals surface area (Å²) in [6.45, 7) is 4.85. The molecule has 3 nitrogen and oxygen atoms in total. The molecule has 2 rings (SSSR count). The molecule has 1 N–H and O–H groups in total. The summed E-state index contributed by atoms with van der Waals surface area (Å²) >= 11 is 8.43. The summed E-state index contributed by atoms with van der Waals surface area (Å²) in [6, 6.07) is 5.91. The molecule has 1 aromatic heterocycles. The molecule has 1 aromatic carbocycles. The largest absolute Gasteiger partial charge is 0.382 e. The fraction of sp³-hybridized carbons (Fsp3) is 0.357. The molecular formula is C14H16ClIN2O. The van der Waals surface area contributed by atoms with E-state index < -0.39 is 6.10 Å². The highest BCUT2D eigenvalue weighted by Crippen LogP contribution is 2.32. The quantitative estimate of drug-likeness (QED) is 0.803. The Hall–Kier alpha value is -0.590. The van der Waals surface area contributed by atoms with Crippen LogP contribution in [0.4, 0.5) is 0 Å². The molecule has 0 fully saturated rings. The molecule has 0 radical (unpaired) electrons. The number of aliphatic hydroxyl groups is 1. The molecule has 0 aliphatic carbocycles. The van der Waals surface area contributed by atoms with E-state index in [0.29, 0.717) is 10.7 Å². The number of hydrogen-bond acceptors (Lipinski definition) is 2. The first-order valence-corrected chi connectivity index (χ1v) is 7.66. The SMILES string of the molecule is CCCn1ncc(Cl)c1C(O)c1cccc(C)c1I. The van der Waals surface area contributed by atoms with Gasteiger partial charge in [-0.2, -0.15) is 5.10 Å². The molecule has 5 heteroatoms. The Bertz CT molecular complexity index is 583. The monoisotopic (exact) mass is 390 g/mol. The zero-order chi connectivity index (χ0) is 14.0. The summed E-state index contributed by atoms with van der Waals surface area (Å²) in [5.74, 6) is 0. The molecule has 0 saturated heterocycles. The Balaban J connectivity index is 2.46. The van der Waals surface area contributed by atoms with Crippen LogP contribution in [0.25, 0.3) is 0 Å². The van der Waals surface area contributed by atoms with Crippen LogP contribution >= 0.6 is 34.2 Å². The molecule has 0 aliphatic heterocycles. The highest BCUT2D eigenvalue weighted by Gasteiger charge is 2.21. The number of halogens is 2. The number of rotatable bonds is 4. The summed E-state index contributed by atoms with van der Waals surface area (Å²) in [7, 11) is 0. The highest BCUT2D eigenvalue weighted by molar-refractivity contribution is 14.1. The minimum atomic E-state index is -0.742. The smallest absolute Gasteiger partial charge is 0.123 e. The average molecular weight is 391 g/mol. The van der Waals surface area contributed by atoms with Gasteiger partial charge in [-0.25, -0.2) is 0 Å². The van der Waals surface area contributed by atoms with E-state index in [4.69, 9.17) is 11.6 Å². The van der Waals surface area contributed by atoms with Crippen LogP contribution in [0.1, 0.15) is 36.3 Å². The lowest BCUT2D eigenvalue weighted by Gasteiger charge is -2.16. The van der Waals surface area contributed by atoms with Crippen LogP contribution in [-0.4, -0.2) is 14.9 Å². The van der Waals surface area contributed by atoms with Crippen LogP contribution in [0.5, 0.6) is 0 Å². The maximum atomic E-state index is 10.6. The van der Waals surface area contributed by atoms with Crippen molar-refractivity contribution >= 4 is 34.2 Å². The molecular weight excluding hydrogens is 375 g/mol. The van der Waals surface area contributed by atoms with Gasteiger partial charge in [-0.3, -0.25) is 4.68 Å². The number of nitrogens with zero attached hydrogens (tertiary/aromatic N) is 2. The first-order chi connectivity index (χ1) is 9.06. The van der Waals surface area contributed by atoms with E-state index >= 15 is 0 Å². The van der Waals surface area contributed by atoms with Gasteiger partial charge in [0.05, 0.1) is 16.9 Å². The number of aromatic nitrogens is 2. The molecule has 0 aliphatic rings. The van der Waals surface area contributed by atoms with Crippen molar-refractivity contribution in [1.82, 2.24) is 9.78 Å². The van der Waals surface area contributed by atoms with Crippen molar-refractivity contribution < 1.29 is 5.11 Å². The van der Waals surface area contributed by atoms with E-state index in [9.17, 15) is 5.11 Å². The standard InChI is InChI=1S/C14H16ClIN2O/c1-3-7-18-13(11(15)8-17-18)14(19)10-6-4-5-9(2)12(10)16/h4-6,8,14,19H,3,7H2,1-2H3. The van der Waals surface area contributed by atoms with Crippen molar-refractivity contribution in [3.8, 4) is 0 Å². The van der Waals surface area contributed by atoms with Gasteiger partial charge in [-0.15, -0.1) is 0 Å². The second kappa shape index (κ2) is 6.24. The van der Waals surface area contributed by atoms with E-state index in [1.54, 1.807) is 10.9 Å². The zero-order valence-corrected chi connectivity index (χ0v) is 13.8. The first kappa shape index (κ1) is 14.8. The van der Waals surface area contributed by atoms with Crippen molar-refractivity contribution in [2.24, 2.45) is 0 Å². The van der Waals surface area contributed by atoms with Gasteiger partial charge in [0.2, 0.25) is 0 Å². The number of benzene rings is 1. The van der Waals surface area contributed by atoms with Crippen LogP contribution < -0.4 is 0 Å².